The van der Waals surface area contributed by atoms with Crippen molar-refractivity contribution >= 4 is 5.97 Å². The van der Waals surface area contributed by atoms with Gasteiger partial charge in [0.2, 0.25) is 5.76 Å². The largest absolute Gasteiger partial charge is 0.475 e. The summed E-state index contributed by atoms with van der Waals surface area (Å²) < 4.78 is 10.5. The summed E-state index contributed by atoms with van der Waals surface area (Å²) in [4.78, 5) is 10.6. The minimum atomic E-state index is -1.04. The molecule has 1 fully saturated rings. The number of carboxylic acids is 1. The third-order valence-corrected chi connectivity index (χ3v) is 2.68. The van der Waals surface area contributed by atoms with E-state index in [1.165, 1.54) is 6.07 Å². The Morgan fingerprint density at radius 1 is 1.62 bits per heavy atom. The number of aromatic carboxylic acids is 1. The second-order valence-electron chi connectivity index (χ2n) is 3.96. The highest BCUT2D eigenvalue weighted by Crippen LogP contribution is 2.18. The molecule has 16 heavy (non-hydrogen) atoms. The average molecular weight is 225 g/mol. The fourth-order valence-corrected chi connectivity index (χ4v) is 1.80. The lowest BCUT2D eigenvalue weighted by Gasteiger charge is -2.15. The zero-order valence-electron chi connectivity index (χ0n) is 9.10. The smallest absolute Gasteiger partial charge is 0.371 e. The summed E-state index contributed by atoms with van der Waals surface area (Å²) in [6.07, 6.45) is 0.983. The normalized spacial score (nSPS) is 22.2. The number of hydrogen-bond donors (Lipinski definition) is 2. The Hall–Kier alpha value is -1.33. The molecule has 2 rings (SSSR count). The predicted molar refractivity (Wildman–Crippen MR) is 56.4 cm³/mol. The minimum Gasteiger partial charge on any atom is -0.475 e. The van der Waals surface area contributed by atoms with E-state index in [1.807, 2.05) is 6.92 Å². The third kappa shape index (κ3) is 2.43. The number of rotatable bonds is 4. The van der Waals surface area contributed by atoms with Crippen molar-refractivity contribution in [3.05, 3.63) is 23.7 Å². The monoisotopic (exact) mass is 225 g/mol. The van der Waals surface area contributed by atoms with Crippen LogP contribution in [0.5, 0.6) is 0 Å². The van der Waals surface area contributed by atoms with Crippen LogP contribution in [0.1, 0.15) is 35.7 Å². The molecule has 2 atom stereocenters. The van der Waals surface area contributed by atoms with Crippen molar-refractivity contribution in [3.8, 4) is 0 Å². The second kappa shape index (κ2) is 4.67. The molecule has 2 unspecified atom stereocenters. The lowest BCUT2D eigenvalue weighted by molar-refractivity contribution is 0.0659. The minimum absolute atomic E-state index is 0.000185. The molecule has 0 bridgehead atoms. The van der Waals surface area contributed by atoms with Gasteiger partial charge in [-0.25, -0.2) is 4.79 Å². The van der Waals surface area contributed by atoms with Crippen LogP contribution in [0.4, 0.5) is 0 Å². The van der Waals surface area contributed by atoms with Crippen LogP contribution in [-0.4, -0.2) is 30.3 Å². The van der Waals surface area contributed by atoms with E-state index in [0.717, 1.165) is 13.0 Å². The highest BCUT2D eigenvalue weighted by atomic mass is 16.5. The van der Waals surface area contributed by atoms with Crippen molar-refractivity contribution in [2.24, 2.45) is 0 Å². The van der Waals surface area contributed by atoms with Gasteiger partial charge >= 0.3 is 5.97 Å². The third-order valence-electron chi connectivity index (χ3n) is 2.68. The molecule has 2 heterocycles. The Bertz CT molecular complexity index is 368. The topological polar surface area (TPSA) is 71.7 Å². The van der Waals surface area contributed by atoms with E-state index in [1.54, 1.807) is 6.07 Å². The molecule has 0 saturated carbocycles. The summed E-state index contributed by atoms with van der Waals surface area (Å²) in [5.41, 5.74) is 0. The maximum absolute atomic E-state index is 10.6. The zero-order chi connectivity index (χ0) is 11.5. The van der Waals surface area contributed by atoms with E-state index in [4.69, 9.17) is 14.3 Å². The predicted octanol–water partition coefficient (Wildman–Crippen LogP) is 1.42. The Balaban J connectivity index is 1.96. The van der Waals surface area contributed by atoms with Crippen molar-refractivity contribution in [1.29, 1.82) is 0 Å². The van der Waals surface area contributed by atoms with Crippen molar-refractivity contribution in [2.45, 2.75) is 25.4 Å². The van der Waals surface area contributed by atoms with E-state index in [-0.39, 0.29) is 11.8 Å². The first kappa shape index (κ1) is 11.2. The van der Waals surface area contributed by atoms with Gasteiger partial charge in [-0.2, -0.15) is 0 Å². The number of ether oxygens (including phenoxy) is 1. The first-order valence-corrected chi connectivity index (χ1v) is 5.33. The molecule has 1 aliphatic rings. The molecule has 0 amide bonds. The van der Waals surface area contributed by atoms with Crippen molar-refractivity contribution in [3.63, 3.8) is 0 Å². The van der Waals surface area contributed by atoms with Crippen LogP contribution >= 0.6 is 0 Å². The maximum atomic E-state index is 10.6. The van der Waals surface area contributed by atoms with Gasteiger partial charge in [-0.3, -0.25) is 0 Å². The molecule has 88 valence electrons. The van der Waals surface area contributed by atoms with Crippen LogP contribution < -0.4 is 5.32 Å². The van der Waals surface area contributed by atoms with Crippen molar-refractivity contribution in [1.82, 2.24) is 5.32 Å². The Morgan fingerprint density at radius 3 is 3.00 bits per heavy atom. The molecular weight excluding hydrogens is 210 g/mol. The number of carbonyl (C=O) groups is 1. The van der Waals surface area contributed by atoms with Crippen LogP contribution in [0.25, 0.3) is 0 Å². The van der Waals surface area contributed by atoms with Crippen LogP contribution in [0.15, 0.2) is 16.5 Å². The number of nitrogens with one attached hydrogen (secondary N) is 1. The fourth-order valence-electron chi connectivity index (χ4n) is 1.80. The first-order chi connectivity index (χ1) is 7.66. The Kier molecular flexibility index (Phi) is 3.26. The molecule has 2 N–H and O–H groups in total. The highest BCUT2D eigenvalue weighted by molar-refractivity contribution is 5.84. The summed E-state index contributed by atoms with van der Waals surface area (Å²) >= 11 is 0. The molecule has 1 aromatic rings. The van der Waals surface area contributed by atoms with Gasteiger partial charge in [-0.15, -0.1) is 0 Å². The summed E-state index contributed by atoms with van der Waals surface area (Å²) in [6.45, 7) is 3.43. The number of furan rings is 1. The van der Waals surface area contributed by atoms with Gasteiger partial charge in [-0.05, 0) is 25.5 Å². The van der Waals surface area contributed by atoms with Gasteiger partial charge in [0.25, 0.3) is 0 Å². The molecule has 0 radical (unpaired) electrons. The van der Waals surface area contributed by atoms with Crippen LogP contribution in [-0.2, 0) is 4.74 Å². The SMILES string of the molecule is CC(NC1CCOC1)c1ccc(C(=O)O)o1. The second-order valence-corrected chi connectivity index (χ2v) is 3.96. The van der Waals surface area contributed by atoms with Crippen LogP contribution in [0, 0.1) is 0 Å². The van der Waals surface area contributed by atoms with E-state index in [0.29, 0.717) is 18.4 Å². The van der Waals surface area contributed by atoms with E-state index < -0.39 is 5.97 Å². The zero-order valence-corrected chi connectivity index (χ0v) is 9.10. The van der Waals surface area contributed by atoms with Crippen molar-refractivity contribution in [2.75, 3.05) is 13.2 Å². The molecule has 1 saturated heterocycles. The molecule has 1 aliphatic heterocycles. The van der Waals surface area contributed by atoms with E-state index in [2.05, 4.69) is 5.32 Å². The summed E-state index contributed by atoms with van der Waals surface area (Å²) in [7, 11) is 0. The molecule has 1 aromatic heterocycles. The lowest BCUT2D eigenvalue weighted by atomic mass is 10.2. The van der Waals surface area contributed by atoms with Gasteiger partial charge < -0.3 is 19.6 Å². The summed E-state index contributed by atoms with van der Waals surface area (Å²) in [6, 6.07) is 3.49. The molecule has 5 heteroatoms. The van der Waals surface area contributed by atoms with Gasteiger partial charge in [-0.1, -0.05) is 0 Å². The quantitative estimate of drug-likeness (QED) is 0.810. The molecular formula is C11H15NO4. The van der Waals surface area contributed by atoms with Gasteiger partial charge in [0.05, 0.1) is 12.6 Å². The molecule has 0 aliphatic carbocycles. The van der Waals surface area contributed by atoms with E-state index >= 15 is 0 Å². The van der Waals surface area contributed by atoms with Crippen molar-refractivity contribution < 1.29 is 19.1 Å². The molecule has 0 spiro atoms. The van der Waals surface area contributed by atoms with Gasteiger partial charge in [0.1, 0.15) is 5.76 Å². The van der Waals surface area contributed by atoms with Gasteiger partial charge in [0.15, 0.2) is 0 Å². The standard InChI is InChI=1S/C11H15NO4/c1-7(12-8-4-5-15-6-8)9-2-3-10(16-9)11(13)14/h2-3,7-8,12H,4-6H2,1H3,(H,13,14). The first-order valence-electron chi connectivity index (χ1n) is 5.33. The number of hydrogen-bond acceptors (Lipinski definition) is 4. The van der Waals surface area contributed by atoms with E-state index in [9.17, 15) is 4.79 Å². The summed E-state index contributed by atoms with van der Waals surface area (Å²) in [5.74, 6) is -0.418. The highest BCUT2D eigenvalue weighted by Gasteiger charge is 2.20. The molecule has 5 nitrogen and oxygen atoms in total. The van der Waals surface area contributed by atoms with Crippen LogP contribution in [0.2, 0.25) is 0 Å². The number of carboxylic acid groups (broad SMARTS) is 1. The van der Waals surface area contributed by atoms with Gasteiger partial charge in [0, 0.05) is 12.6 Å². The Labute approximate surface area is 93.4 Å². The fraction of sp³-hybridized carbons (Fsp3) is 0.545. The Morgan fingerprint density at radius 2 is 2.44 bits per heavy atom. The average Bonchev–Trinajstić information content (AvgIpc) is 2.86. The summed E-state index contributed by atoms with van der Waals surface area (Å²) in [5, 5.41) is 12.1. The van der Waals surface area contributed by atoms with Crippen LogP contribution in [0.3, 0.4) is 0 Å². The molecule has 0 aromatic carbocycles. The lowest BCUT2D eigenvalue weighted by Crippen LogP contribution is -2.31. The maximum Gasteiger partial charge on any atom is 0.371 e.